The van der Waals surface area contributed by atoms with Gasteiger partial charge in [-0.25, -0.2) is 4.39 Å². The Labute approximate surface area is 106 Å². The Bertz CT molecular complexity index is 391. The van der Waals surface area contributed by atoms with Gasteiger partial charge in [-0.15, -0.1) is 0 Å². The number of benzene rings is 1. The fourth-order valence-corrected chi connectivity index (χ4v) is 2.58. The Morgan fingerprint density at radius 3 is 2.94 bits per heavy atom. The summed E-state index contributed by atoms with van der Waals surface area (Å²) in [4.78, 5) is 0. The van der Waals surface area contributed by atoms with Crippen LogP contribution in [0.15, 0.2) is 12.1 Å². The number of ether oxygens (including phenoxy) is 1. The molecule has 1 aromatic carbocycles. The van der Waals surface area contributed by atoms with Crippen LogP contribution in [-0.2, 0) is 6.42 Å². The number of hydrogen-bond donors (Lipinski definition) is 1. The summed E-state index contributed by atoms with van der Waals surface area (Å²) in [6, 6.07) is 3.27. The molecule has 1 fully saturated rings. The zero-order valence-corrected chi connectivity index (χ0v) is 10.7. The van der Waals surface area contributed by atoms with Crippen molar-refractivity contribution in [2.45, 2.75) is 31.7 Å². The molecule has 1 aliphatic heterocycles. The van der Waals surface area contributed by atoms with E-state index in [4.69, 9.17) is 16.3 Å². The summed E-state index contributed by atoms with van der Waals surface area (Å²) in [6.45, 7) is 1.01. The van der Waals surface area contributed by atoms with E-state index in [1.54, 1.807) is 0 Å². The number of rotatable bonds is 3. The molecule has 0 spiro atoms. The van der Waals surface area contributed by atoms with Gasteiger partial charge in [-0.2, -0.15) is 0 Å². The zero-order valence-electron chi connectivity index (χ0n) is 9.93. The smallest absolute Gasteiger partial charge is 0.143 e. The van der Waals surface area contributed by atoms with E-state index < -0.39 is 0 Å². The molecule has 0 bridgehead atoms. The van der Waals surface area contributed by atoms with Crippen molar-refractivity contribution in [2.24, 2.45) is 0 Å². The molecule has 1 aromatic rings. The number of piperidine rings is 1. The molecule has 0 radical (unpaired) electrons. The van der Waals surface area contributed by atoms with Crippen LogP contribution in [0.3, 0.4) is 0 Å². The molecule has 1 saturated heterocycles. The van der Waals surface area contributed by atoms with Crippen molar-refractivity contribution in [1.29, 1.82) is 0 Å². The minimum Gasteiger partial charge on any atom is -0.495 e. The second-order valence-corrected chi connectivity index (χ2v) is 4.80. The van der Waals surface area contributed by atoms with Crippen molar-refractivity contribution >= 4 is 11.6 Å². The first-order valence-corrected chi connectivity index (χ1v) is 6.34. The van der Waals surface area contributed by atoms with Crippen LogP contribution >= 0.6 is 11.6 Å². The third-order valence-corrected chi connectivity index (χ3v) is 3.52. The van der Waals surface area contributed by atoms with Crippen LogP contribution in [0.4, 0.5) is 4.39 Å². The SMILES string of the molecule is COc1c(Cl)ccc(F)c1CC1CCCCN1. The maximum atomic E-state index is 13.8. The maximum absolute atomic E-state index is 13.8. The van der Waals surface area contributed by atoms with E-state index in [1.807, 2.05) is 0 Å². The van der Waals surface area contributed by atoms with E-state index in [-0.39, 0.29) is 5.82 Å². The Balaban J connectivity index is 2.21. The van der Waals surface area contributed by atoms with Gasteiger partial charge >= 0.3 is 0 Å². The standard InChI is InChI=1S/C13H17ClFNO/c1-17-13-10(12(15)6-5-11(13)14)8-9-4-2-3-7-16-9/h5-6,9,16H,2-4,7-8H2,1H3. The molecule has 2 nitrogen and oxygen atoms in total. The monoisotopic (exact) mass is 257 g/mol. The Kier molecular flexibility index (Phi) is 4.24. The molecular weight excluding hydrogens is 241 g/mol. The van der Waals surface area contributed by atoms with Crippen LogP contribution < -0.4 is 10.1 Å². The molecule has 1 aliphatic rings. The average molecular weight is 258 g/mol. The van der Waals surface area contributed by atoms with Gasteiger partial charge in [0.25, 0.3) is 0 Å². The summed E-state index contributed by atoms with van der Waals surface area (Å²) in [5.74, 6) is 0.234. The molecule has 1 atom stereocenters. The highest BCUT2D eigenvalue weighted by atomic mass is 35.5. The van der Waals surface area contributed by atoms with Crippen molar-refractivity contribution in [3.05, 3.63) is 28.5 Å². The van der Waals surface area contributed by atoms with Gasteiger partial charge in [0, 0.05) is 11.6 Å². The predicted molar refractivity (Wildman–Crippen MR) is 67.3 cm³/mol. The van der Waals surface area contributed by atoms with Gasteiger partial charge in [0.05, 0.1) is 12.1 Å². The quantitative estimate of drug-likeness (QED) is 0.898. The summed E-state index contributed by atoms with van der Waals surface area (Å²) >= 11 is 6.01. The first kappa shape index (κ1) is 12.7. The zero-order chi connectivity index (χ0) is 12.3. The fraction of sp³-hybridized carbons (Fsp3) is 0.538. The van der Waals surface area contributed by atoms with E-state index in [0.29, 0.717) is 28.8 Å². The van der Waals surface area contributed by atoms with Crippen LogP contribution in [0.1, 0.15) is 24.8 Å². The summed E-state index contributed by atoms with van der Waals surface area (Å²) in [7, 11) is 1.53. The molecule has 17 heavy (non-hydrogen) atoms. The van der Waals surface area contributed by atoms with Crippen molar-refractivity contribution in [3.8, 4) is 5.75 Å². The summed E-state index contributed by atoms with van der Waals surface area (Å²) < 4.78 is 19.0. The molecule has 0 amide bonds. The molecule has 2 rings (SSSR count). The van der Waals surface area contributed by atoms with E-state index >= 15 is 0 Å². The lowest BCUT2D eigenvalue weighted by Crippen LogP contribution is -2.35. The molecule has 0 aromatic heterocycles. The molecule has 1 unspecified atom stereocenters. The van der Waals surface area contributed by atoms with Crippen LogP contribution in [-0.4, -0.2) is 19.7 Å². The Morgan fingerprint density at radius 2 is 2.29 bits per heavy atom. The van der Waals surface area contributed by atoms with E-state index in [9.17, 15) is 4.39 Å². The largest absolute Gasteiger partial charge is 0.495 e. The van der Waals surface area contributed by atoms with Crippen LogP contribution in [0, 0.1) is 5.82 Å². The highest BCUT2D eigenvalue weighted by Gasteiger charge is 2.19. The van der Waals surface area contributed by atoms with E-state index in [0.717, 1.165) is 13.0 Å². The van der Waals surface area contributed by atoms with E-state index in [2.05, 4.69) is 5.32 Å². The Morgan fingerprint density at radius 1 is 1.47 bits per heavy atom. The predicted octanol–water partition coefficient (Wildman–Crippen LogP) is 3.17. The lowest BCUT2D eigenvalue weighted by atomic mass is 9.97. The third kappa shape index (κ3) is 2.90. The Hall–Kier alpha value is -0.800. The topological polar surface area (TPSA) is 21.3 Å². The summed E-state index contributed by atoms with van der Waals surface area (Å²) in [5, 5.41) is 3.87. The average Bonchev–Trinajstić information content (AvgIpc) is 2.35. The van der Waals surface area contributed by atoms with Crippen molar-refractivity contribution < 1.29 is 9.13 Å². The molecule has 1 heterocycles. The maximum Gasteiger partial charge on any atom is 0.143 e. The minimum absolute atomic E-state index is 0.237. The lowest BCUT2D eigenvalue weighted by molar-refractivity contribution is 0.375. The number of methoxy groups -OCH3 is 1. The van der Waals surface area contributed by atoms with Gasteiger partial charge in [0.15, 0.2) is 0 Å². The number of hydrogen-bond acceptors (Lipinski definition) is 2. The van der Waals surface area contributed by atoms with Crippen LogP contribution in [0.2, 0.25) is 5.02 Å². The van der Waals surface area contributed by atoms with Gasteiger partial charge in [0.1, 0.15) is 11.6 Å². The number of nitrogens with one attached hydrogen (secondary N) is 1. The third-order valence-electron chi connectivity index (χ3n) is 3.22. The van der Waals surface area contributed by atoms with Gasteiger partial charge in [-0.1, -0.05) is 18.0 Å². The normalized spacial score (nSPS) is 20.3. The van der Waals surface area contributed by atoms with Crippen molar-refractivity contribution in [3.63, 3.8) is 0 Å². The first-order valence-electron chi connectivity index (χ1n) is 5.96. The van der Waals surface area contributed by atoms with E-state index in [1.165, 1.54) is 32.1 Å². The molecule has 4 heteroatoms. The molecular formula is C13H17ClFNO. The highest BCUT2D eigenvalue weighted by Crippen LogP contribution is 2.32. The van der Waals surface area contributed by atoms with Crippen LogP contribution in [0.25, 0.3) is 0 Å². The second kappa shape index (κ2) is 5.69. The van der Waals surface area contributed by atoms with Crippen LogP contribution in [0.5, 0.6) is 5.75 Å². The molecule has 94 valence electrons. The molecule has 0 saturated carbocycles. The fourth-order valence-electron chi connectivity index (χ4n) is 2.33. The lowest BCUT2D eigenvalue weighted by Gasteiger charge is -2.24. The van der Waals surface area contributed by atoms with Gasteiger partial charge in [-0.3, -0.25) is 0 Å². The van der Waals surface area contributed by atoms with Crippen molar-refractivity contribution in [1.82, 2.24) is 5.32 Å². The summed E-state index contributed by atoms with van der Waals surface area (Å²) in [5.41, 5.74) is 0.583. The van der Waals surface area contributed by atoms with Gasteiger partial charge in [0.2, 0.25) is 0 Å². The first-order chi connectivity index (χ1) is 8.22. The molecule has 1 N–H and O–H groups in total. The molecule has 0 aliphatic carbocycles. The summed E-state index contributed by atoms with van der Waals surface area (Å²) in [6.07, 6.45) is 4.11. The highest BCUT2D eigenvalue weighted by molar-refractivity contribution is 6.32. The van der Waals surface area contributed by atoms with Gasteiger partial charge in [-0.05, 0) is 37.9 Å². The number of halogens is 2. The second-order valence-electron chi connectivity index (χ2n) is 4.39. The van der Waals surface area contributed by atoms with Crippen molar-refractivity contribution in [2.75, 3.05) is 13.7 Å². The minimum atomic E-state index is -0.237. The van der Waals surface area contributed by atoms with Gasteiger partial charge < -0.3 is 10.1 Å².